The first kappa shape index (κ1) is 21.0. The Morgan fingerprint density at radius 2 is 1.42 bits per heavy atom. The van der Waals surface area contributed by atoms with Gasteiger partial charge >= 0.3 is 7.60 Å². The lowest BCUT2D eigenvalue weighted by molar-refractivity contribution is 0.214. The van der Waals surface area contributed by atoms with Crippen molar-refractivity contribution in [3.63, 3.8) is 0 Å². The normalized spacial score (nSPS) is 13.0. The number of nitrogens with one attached hydrogen (secondary N) is 1. The predicted octanol–water partition coefficient (Wildman–Crippen LogP) is 6.84. The van der Waals surface area contributed by atoms with Gasteiger partial charge in [-0.05, 0) is 55.2 Å². The maximum Gasteiger partial charge on any atom is 0.357 e. The van der Waals surface area contributed by atoms with Gasteiger partial charge in [0.25, 0.3) is 0 Å². The van der Waals surface area contributed by atoms with Crippen molar-refractivity contribution in [1.29, 1.82) is 0 Å². The second-order valence-electron chi connectivity index (χ2n) is 6.25. The van der Waals surface area contributed by atoms with Gasteiger partial charge in [-0.25, -0.2) is 0 Å². The molecule has 0 aliphatic carbocycles. The number of hydrogen-bond acceptors (Lipinski definition) is 4. The lowest BCUT2D eigenvalue weighted by atomic mass is 10.0. The van der Waals surface area contributed by atoms with Crippen LogP contribution in [0, 0.1) is 0 Å². The van der Waals surface area contributed by atoms with Crippen LogP contribution in [-0.4, -0.2) is 13.2 Å². The van der Waals surface area contributed by atoms with Gasteiger partial charge in [0.2, 0.25) is 0 Å². The average Bonchev–Trinajstić information content (AvgIpc) is 2.61. The zero-order valence-electron chi connectivity index (χ0n) is 15.7. The summed E-state index contributed by atoms with van der Waals surface area (Å²) in [5, 5.41) is 3.96. The molecule has 0 aliphatic rings. The summed E-state index contributed by atoms with van der Waals surface area (Å²) in [6.07, 6.45) is 0. The molecular weight excluding hydrogens is 369 g/mol. The first-order valence-corrected chi connectivity index (χ1v) is 10.9. The van der Waals surface area contributed by atoms with Gasteiger partial charge in [0.05, 0.1) is 13.2 Å². The van der Waals surface area contributed by atoms with Gasteiger partial charge in [0.15, 0.2) is 5.78 Å². The first-order chi connectivity index (χ1) is 12.4. The zero-order chi connectivity index (χ0) is 19.2. The molecule has 6 heteroatoms. The Morgan fingerprint density at radius 3 is 1.88 bits per heavy atom. The summed E-state index contributed by atoms with van der Waals surface area (Å²) >= 11 is 6.01. The van der Waals surface area contributed by atoms with Gasteiger partial charge in [-0.3, -0.25) is 4.57 Å². The van der Waals surface area contributed by atoms with E-state index in [1.165, 1.54) is 5.56 Å². The monoisotopic (exact) mass is 395 g/mol. The molecule has 0 aliphatic heterocycles. The fourth-order valence-corrected chi connectivity index (χ4v) is 4.72. The molecule has 0 amide bonds. The topological polar surface area (TPSA) is 47.6 Å². The highest BCUT2D eigenvalue weighted by molar-refractivity contribution is 7.54. The van der Waals surface area contributed by atoms with Gasteiger partial charge in [-0.15, -0.1) is 0 Å². The Bertz CT molecular complexity index is 722. The average molecular weight is 396 g/mol. The summed E-state index contributed by atoms with van der Waals surface area (Å²) in [5.74, 6) is -0.168. The first-order valence-electron chi connectivity index (χ1n) is 8.90. The van der Waals surface area contributed by atoms with Crippen LogP contribution in [0.4, 0.5) is 5.69 Å². The molecule has 26 heavy (non-hydrogen) atoms. The van der Waals surface area contributed by atoms with E-state index < -0.39 is 13.4 Å². The third-order valence-electron chi connectivity index (χ3n) is 4.00. The molecule has 0 heterocycles. The van der Waals surface area contributed by atoms with Crippen LogP contribution in [-0.2, 0) is 13.6 Å². The number of hydrogen-bond donors (Lipinski definition) is 1. The van der Waals surface area contributed by atoms with Crippen molar-refractivity contribution in [3.8, 4) is 0 Å². The summed E-state index contributed by atoms with van der Waals surface area (Å²) in [5.41, 5.74) is 2.90. The van der Waals surface area contributed by atoms with Crippen LogP contribution in [0.2, 0.25) is 5.02 Å². The standard InChI is InChI=1S/C20H27ClNO3P/c1-5-24-26(23,25-6-2)20(17-7-11-18(21)12-8-17)22-19-13-9-16(10-14-19)15(3)4/h7-15,20,22H,5-6H2,1-4H3/t20-/m1/s1. The molecule has 1 N–H and O–H groups in total. The smallest absolute Gasteiger partial charge is 0.357 e. The van der Waals surface area contributed by atoms with Gasteiger partial charge in [0.1, 0.15) is 0 Å². The van der Waals surface area contributed by atoms with Crippen molar-refractivity contribution >= 4 is 24.9 Å². The zero-order valence-corrected chi connectivity index (χ0v) is 17.4. The van der Waals surface area contributed by atoms with E-state index in [4.69, 9.17) is 20.6 Å². The molecule has 0 spiro atoms. The minimum Gasteiger partial charge on any atom is -0.368 e. The van der Waals surface area contributed by atoms with Gasteiger partial charge < -0.3 is 14.4 Å². The molecule has 0 unspecified atom stereocenters. The fourth-order valence-electron chi connectivity index (χ4n) is 2.66. The minimum atomic E-state index is -3.42. The van der Waals surface area contributed by atoms with E-state index in [0.29, 0.717) is 24.2 Å². The third kappa shape index (κ3) is 5.34. The van der Waals surface area contributed by atoms with Crippen molar-refractivity contribution in [2.24, 2.45) is 0 Å². The summed E-state index contributed by atoms with van der Waals surface area (Å²) in [6, 6.07) is 15.3. The Balaban J connectivity index is 2.39. The third-order valence-corrected chi connectivity index (χ3v) is 6.55. The molecule has 2 rings (SSSR count). The number of rotatable bonds is 9. The summed E-state index contributed by atoms with van der Waals surface area (Å²) in [4.78, 5) is 0. The van der Waals surface area contributed by atoms with Gasteiger partial charge in [-0.1, -0.05) is 49.7 Å². The van der Waals surface area contributed by atoms with Crippen molar-refractivity contribution in [3.05, 3.63) is 64.7 Å². The molecular formula is C20H27ClNO3P. The maximum atomic E-state index is 13.4. The van der Waals surface area contributed by atoms with E-state index in [2.05, 4.69) is 31.3 Å². The Kier molecular flexibility index (Phi) is 7.72. The van der Waals surface area contributed by atoms with Crippen molar-refractivity contribution in [2.75, 3.05) is 18.5 Å². The van der Waals surface area contributed by atoms with E-state index in [9.17, 15) is 4.57 Å². The Hall–Kier alpha value is -1.32. The Labute approximate surface area is 161 Å². The molecule has 1 atom stereocenters. The van der Waals surface area contributed by atoms with E-state index >= 15 is 0 Å². The van der Waals surface area contributed by atoms with E-state index in [1.807, 2.05) is 38.1 Å². The molecule has 0 aromatic heterocycles. The lowest BCUT2D eigenvalue weighted by Gasteiger charge is -2.28. The van der Waals surface area contributed by atoms with E-state index in [-0.39, 0.29) is 0 Å². The van der Waals surface area contributed by atoms with Gasteiger partial charge in [0, 0.05) is 10.7 Å². The number of halogens is 1. The number of benzene rings is 2. The molecule has 2 aromatic rings. The fraction of sp³-hybridized carbons (Fsp3) is 0.400. The molecule has 0 saturated heterocycles. The van der Waals surface area contributed by atoms with Crippen LogP contribution in [0.15, 0.2) is 48.5 Å². The van der Waals surface area contributed by atoms with Crippen LogP contribution < -0.4 is 5.32 Å². The summed E-state index contributed by atoms with van der Waals surface area (Å²) in [7, 11) is -3.42. The molecule has 0 saturated carbocycles. The SMILES string of the molecule is CCOP(=O)(OCC)[C@@H](Nc1ccc(C(C)C)cc1)c1ccc(Cl)cc1. The molecule has 0 fully saturated rings. The van der Waals surface area contributed by atoms with E-state index in [1.54, 1.807) is 12.1 Å². The van der Waals surface area contributed by atoms with E-state index in [0.717, 1.165) is 11.3 Å². The maximum absolute atomic E-state index is 13.4. The predicted molar refractivity (Wildman–Crippen MR) is 109 cm³/mol. The van der Waals surface area contributed by atoms with Crippen LogP contribution >= 0.6 is 19.2 Å². The molecule has 142 valence electrons. The van der Waals surface area contributed by atoms with Crippen molar-refractivity contribution in [2.45, 2.75) is 39.4 Å². The van der Waals surface area contributed by atoms with Gasteiger partial charge in [-0.2, -0.15) is 0 Å². The Morgan fingerprint density at radius 1 is 0.923 bits per heavy atom. The summed E-state index contributed by atoms with van der Waals surface area (Å²) in [6.45, 7) is 8.52. The lowest BCUT2D eigenvalue weighted by Crippen LogP contribution is -2.15. The minimum absolute atomic E-state index is 0.301. The second kappa shape index (κ2) is 9.57. The van der Waals surface area contributed by atoms with Crippen LogP contribution in [0.1, 0.15) is 50.5 Å². The van der Waals surface area contributed by atoms with Crippen LogP contribution in [0.25, 0.3) is 0 Å². The number of anilines is 1. The van der Waals surface area contributed by atoms with Crippen LogP contribution in [0.5, 0.6) is 0 Å². The quantitative estimate of drug-likeness (QED) is 0.472. The molecule has 4 nitrogen and oxygen atoms in total. The molecule has 0 radical (unpaired) electrons. The van der Waals surface area contributed by atoms with Crippen molar-refractivity contribution < 1.29 is 13.6 Å². The largest absolute Gasteiger partial charge is 0.368 e. The highest BCUT2D eigenvalue weighted by atomic mass is 35.5. The van der Waals surface area contributed by atoms with Crippen LogP contribution in [0.3, 0.4) is 0 Å². The molecule has 2 aromatic carbocycles. The summed E-state index contributed by atoms with van der Waals surface area (Å²) < 4.78 is 24.6. The highest BCUT2D eigenvalue weighted by Crippen LogP contribution is 2.60. The molecule has 0 bridgehead atoms. The van der Waals surface area contributed by atoms with Crippen molar-refractivity contribution in [1.82, 2.24) is 0 Å². The second-order valence-corrected chi connectivity index (χ2v) is 8.80. The highest BCUT2D eigenvalue weighted by Gasteiger charge is 2.37.